The molecule has 0 saturated heterocycles. The third-order valence-corrected chi connectivity index (χ3v) is 3.14. The summed E-state index contributed by atoms with van der Waals surface area (Å²) in [5.41, 5.74) is 4.88. The highest BCUT2D eigenvalue weighted by Crippen LogP contribution is 2.16. The highest BCUT2D eigenvalue weighted by Gasteiger charge is 2.03. The minimum Gasteiger partial charge on any atom is -0.370 e. The quantitative estimate of drug-likeness (QED) is 0.890. The van der Waals surface area contributed by atoms with Gasteiger partial charge in [-0.3, -0.25) is 4.98 Å². The van der Waals surface area contributed by atoms with Crippen LogP contribution in [0, 0.1) is 6.92 Å². The van der Waals surface area contributed by atoms with Gasteiger partial charge in [0.25, 0.3) is 0 Å². The van der Waals surface area contributed by atoms with Gasteiger partial charge in [-0.15, -0.1) is 0 Å². The second kappa shape index (κ2) is 6.34. The predicted molar refractivity (Wildman–Crippen MR) is 80.3 cm³/mol. The zero-order valence-corrected chi connectivity index (χ0v) is 11.9. The van der Waals surface area contributed by atoms with E-state index in [0.717, 1.165) is 18.8 Å². The van der Waals surface area contributed by atoms with Gasteiger partial charge in [-0.2, -0.15) is 0 Å². The van der Waals surface area contributed by atoms with Crippen LogP contribution in [-0.4, -0.2) is 19.1 Å². The topological polar surface area (TPSA) is 28.2 Å². The molecule has 2 rings (SSSR count). The molecule has 0 fully saturated rings. The van der Waals surface area contributed by atoms with Gasteiger partial charge < -0.3 is 10.2 Å². The molecule has 0 aliphatic rings. The van der Waals surface area contributed by atoms with Crippen molar-refractivity contribution in [2.24, 2.45) is 0 Å². The van der Waals surface area contributed by atoms with E-state index in [9.17, 15) is 0 Å². The number of rotatable bonds is 5. The van der Waals surface area contributed by atoms with Crippen molar-refractivity contribution in [3.8, 4) is 0 Å². The maximum Gasteiger partial charge on any atom is 0.0562 e. The lowest BCUT2D eigenvalue weighted by Crippen LogP contribution is -2.17. The maximum atomic E-state index is 4.34. The van der Waals surface area contributed by atoms with Crippen molar-refractivity contribution < 1.29 is 0 Å². The Morgan fingerprint density at radius 1 is 1.16 bits per heavy atom. The average molecular weight is 255 g/mol. The Bertz CT molecular complexity index is 520. The lowest BCUT2D eigenvalue weighted by molar-refractivity contribution is 0.788. The molecular weight excluding hydrogens is 234 g/mol. The second-order valence-electron chi connectivity index (χ2n) is 4.88. The van der Waals surface area contributed by atoms with Crippen LogP contribution in [0.3, 0.4) is 0 Å². The molecule has 0 spiro atoms. The fourth-order valence-electron chi connectivity index (χ4n) is 2.04. The van der Waals surface area contributed by atoms with Gasteiger partial charge in [0, 0.05) is 32.0 Å². The molecule has 1 heterocycles. The van der Waals surface area contributed by atoms with Crippen molar-refractivity contribution in [3.05, 3.63) is 59.4 Å². The van der Waals surface area contributed by atoms with E-state index in [4.69, 9.17) is 0 Å². The third kappa shape index (κ3) is 3.80. The Morgan fingerprint density at radius 2 is 1.89 bits per heavy atom. The summed E-state index contributed by atoms with van der Waals surface area (Å²) >= 11 is 0. The van der Waals surface area contributed by atoms with E-state index in [1.807, 2.05) is 19.3 Å². The molecule has 19 heavy (non-hydrogen) atoms. The summed E-state index contributed by atoms with van der Waals surface area (Å²) in [6, 6.07) is 12.9. The van der Waals surface area contributed by atoms with Gasteiger partial charge >= 0.3 is 0 Å². The van der Waals surface area contributed by atoms with Crippen molar-refractivity contribution >= 4 is 5.69 Å². The van der Waals surface area contributed by atoms with E-state index in [1.165, 1.54) is 16.8 Å². The van der Waals surface area contributed by atoms with Crippen molar-refractivity contribution in [1.82, 2.24) is 10.3 Å². The molecule has 2 aromatic rings. The van der Waals surface area contributed by atoms with Gasteiger partial charge in [0.2, 0.25) is 0 Å². The number of hydrogen-bond donors (Lipinski definition) is 1. The molecule has 1 N–H and O–H groups in total. The molecule has 0 bridgehead atoms. The lowest BCUT2D eigenvalue weighted by atomic mass is 10.1. The van der Waals surface area contributed by atoms with Gasteiger partial charge in [-0.1, -0.05) is 29.8 Å². The molecule has 0 atom stereocenters. The summed E-state index contributed by atoms with van der Waals surface area (Å²) < 4.78 is 0. The number of pyridine rings is 1. The van der Waals surface area contributed by atoms with Gasteiger partial charge in [0.05, 0.1) is 5.69 Å². The SMILES string of the molecule is CNCc1cc(N(C)Cc2ccc(C)cc2)ccn1. The minimum absolute atomic E-state index is 0.798. The molecule has 1 aromatic carbocycles. The molecule has 0 aliphatic carbocycles. The molecule has 0 amide bonds. The lowest BCUT2D eigenvalue weighted by Gasteiger charge is -2.20. The van der Waals surface area contributed by atoms with Crippen LogP contribution in [0.1, 0.15) is 16.8 Å². The van der Waals surface area contributed by atoms with E-state index in [0.29, 0.717) is 0 Å². The summed E-state index contributed by atoms with van der Waals surface area (Å²) in [6.45, 7) is 3.82. The van der Waals surface area contributed by atoms with Crippen molar-refractivity contribution in [2.45, 2.75) is 20.0 Å². The largest absolute Gasteiger partial charge is 0.370 e. The van der Waals surface area contributed by atoms with Crippen LogP contribution in [0.2, 0.25) is 0 Å². The molecule has 3 nitrogen and oxygen atoms in total. The van der Waals surface area contributed by atoms with E-state index in [2.05, 4.69) is 59.5 Å². The summed E-state index contributed by atoms with van der Waals surface area (Å²) in [5, 5.41) is 3.13. The summed E-state index contributed by atoms with van der Waals surface area (Å²) in [4.78, 5) is 6.58. The number of nitrogens with one attached hydrogen (secondary N) is 1. The standard InChI is InChI=1S/C16H21N3/c1-13-4-6-14(7-5-13)12-19(3)16-8-9-18-15(10-16)11-17-2/h4-10,17H,11-12H2,1-3H3. The zero-order valence-electron chi connectivity index (χ0n) is 11.9. The van der Waals surface area contributed by atoms with E-state index < -0.39 is 0 Å². The van der Waals surface area contributed by atoms with Crippen molar-refractivity contribution in [2.75, 3.05) is 19.0 Å². The van der Waals surface area contributed by atoms with E-state index in [1.54, 1.807) is 0 Å². The number of aromatic nitrogens is 1. The number of hydrogen-bond acceptors (Lipinski definition) is 3. The smallest absolute Gasteiger partial charge is 0.0562 e. The van der Waals surface area contributed by atoms with E-state index in [-0.39, 0.29) is 0 Å². The Labute approximate surface area is 115 Å². The van der Waals surface area contributed by atoms with Gasteiger partial charge in [-0.05, 0) is 31.7 Å². The summed E-state index contributed by atoms with van der Waals surface area (Å²) in [7, 11) is 4.04. The number of aryl methyl sites for hydroxylation is 1. The van der Waals surface area contributed by atoms with Gasteiger partial charge in [0.15, 0.2) is 0 Å². The Kier molecular flexibility index (Phi) is 4.53. The van der Waals surface area contributed by atoms with Crippen LogP contribution >= 0.6 is 0 Å². The van der Waals surface area contributed by atoms with E-state index >= 15 is 0 Å². The molecule has 3 heteroatoms. The van der Waals surface area contributed by atoms with Crippen LogP contribution in [0.4, 0.5) is 5.69 Å². The Balaban J connectivity index is 2.08. The fourth-order valence-corrected chi connectivity index (χ4v) is 2.04. The van der Waals surface area contributed by atoms with Crippen molar-refractivity contribution in [3.63, 3.8) is 0 Å². The Morgan fingerprint density at radius 3 is 2.58 bits per heavy atom. The highest BCUT2D eigenvalue weighted by atomic mass is 15.1. The molecule has 0 unspecified atom stereocenters. The zero-order chi connectivity index (χ0) is 13.7. The van der Waals surface area contributed by atoms with Crippen molar-refractivity contribution in [1.29, 1.82) is 0 Å². The number of nitrogens with zero attached hydrogens (tertiary/aromatic N) is 2. The monoisotopic (exact) mass is 255 g/mol. The third-order valence-electron chi connectivity index (χ3n) is 3.14. The normalized spacial score (nSPS) is 10.5. The first-order chi connectivity index (χ1) is 9.19. The van der Waals surface area contributed by atoms with Gasteiger partial charge in [0.1, 0.15) is 0 Å². The minimum atomic E-state index is 0.798. The van der Waals surface area contributed by atoms with Crippen LogP contribution < -0.4 is 10.2 Å². The van der Waals surface area contributed by atoms with Crippen LogP contribution in [0.5, 0.6) is 0 Å². The molecular formula is C16H21N3. The van der Waals surface area contributed by atoms with Crippen LogP contribution in [0.25, 0.3) is 0 Å². The molecule has 100 valence electrons. The number of anilines is 1. The number of benzene rings is 1. The predicted octanol–water partition coefficient (Wildman–Crippen LogP) is 2.75. The Hall–Kier alpha value is -1.87. The van der Waals surface area contributed by atoms with Crippen LogP contribution in [-0.2, 0) is 13.1 Å². The first kappa shape index (κ1) is 13.6. The molecule has 0 saturated carbocycles. The summed E-state index contributed by atoms with van der Waals surface area (Å²) in [6.07, 6.45) is 1.87. The highest BCUT2D eigenvalue weighted by molar-refractivity contribution is 5.46. The fraction of sp³-hybridized carbons (Fsp3) is 0.312. The van der Waals surface area contributed by atoms with Gasteiger partial charge in [-0.25, -0.2) is 0 Å². The molecule has 0 aliphatic heterocycles. The summed E-state index contributed by atoms with van der Waals surface area (Å²) in [5.74, 6) is 0. The first-order valence-corrected chi connectivity index (χ1v) is 6.55. The molecule has 1 aromatic heterocycles. The average Bonchev–Trinajstić information content (AvgIpc) is 2.42. The maximum absolute atomic E-state index is 4.34. The van der Waals surface area contributed by atoms with Crippen LogP contribution in [0.15, 0.2) is 42.6 Å². The second-order valence-corrected chi connectivity index (χ2v) is 4.88. The first-order valence-electron chi connectivity index (χ1n) is 6.55. The molecule has 0 radical (unpaired) electrons.